The molecule has 0 radical (unpaired) electrons. The molecule has 0 aliphatic heterocycles. The number of hydrogen-bond donors (Lipinski definition) is 3. The first-order chi connectivity index (χ1) is 8.11. The van der Waals surface area contributed by atoms with Crippen molar-refractivity contribution in [2.45, 2.75) is 51.1 Å². The lowest BCUT2D eigenvalue weighted by Crippen LogP contribution is -2.43. The van der Waals surface area contributed by atoms with Crippen LogP contribution in [0.4, 0.5) is 9.59 Å². The number of hydrogen-bond acceptors (Lipinski definition) is 3. The third-order valence-electron chi connectivity index (χ3n) is 2.81. The molecule has 1 aliphatic carbocycles. The summed E-state index contributed by atoms with van der Waals surface area (Å²) in [5.41, 5.74) is 0. The summed E-state index contributed by atoms with van der Waals surface area (Å²) in [5.74, 6) is 0. The van der Waals surface area contributed by atoms with Gasteiger partial charge in [0, 0.05) is 12.1 Å². The van der Waals surface area contributed by atoms with E-state index in [-0.39, 0.29) is 18.2 Å². The van der Waals surface area contributed by atoms with Gasteiger partial charge >= 0.3 is 12.2 Å². The standard InChI is InChI=1S/C11H20N2O4/c1-2-7-17-11(16)13-9-5-3-8(4-6-9)12-10(14)15/h8-9,12H,2-7H2,1H3,(H,13,16)(H,14,15). The highest BCUT2D eigenvalue weighted by Crippen LogP contribution is 2.18. The summed E-state index contributed by atoms with van der Waals surface area (Å²) in [6.45, 7) is 2.37. The van der Waals surface area contributed by atoms with Crippen LogP contribution >= 0.6 is 0 Å². The molecule has 0 aromatic carbocycles. The highest BCUT2D eigenvalue weighted by molar-refractivity contribution is 5.67. The highest BCUT2D eigenvalue weighted by Gasteiger charge is 2.23. The van der Waals surface area contributed by atoms with E-state index in [0.29, 0.717) is 6.61 Å². The second kappa shape index (κ2) is 6.98. The van der Waals surface area contributed by atoms with Gasteiger partial charge in [-0.05, 0) is 32.1 Å². The average Bonchev–Trinajstić information content (AvgIpc) is 2.28. The number of carbonyl (C=O) groups is 2. The Morgan fingerprint density at radius 1 is 1.18 bits per heavy atom. The number of carboxylic acid groups (broad SMARTS) is 1. The number of carbonyl (C=O) groups excluding carboxylic acids is 1. The average molecular weight is 244 g/mol. The van der Waals surface area contributed by atoms with E-state index in [0.717, 1.165) is 32.1 Å². The zero-order valence-corrected chi connectivity index (χ0v) is 10.1. The Morgan fingerprint density at radius 2 is 1.71 bits per heavy atom. The molecule has 17 heavy (non-hydrogen) atoms. The Hall–Kier alpha value is -1.46. The summed E-state index contributed by atoms with van der Waals surface area (Å²) in [6, 6.07) is 0.114. The largest absolute Gasteiger partial charge is 0.465 e. The first-order valence-electron chi connectivity index (χ1n) is 6.04. The number of rotatable bonds is 4. The van der Waals surface area contributed by atoms with Crippen molar-refractivity contribution in [3.63, 3.8) is 0 Å². The first-order valence-corrected chi connectivity index (χ1v) is 6.04. The highest BCUT2D eigenvalue weighted by atomic mass is 16.5. The van der Waals surface area contributed by atoms with Crippen LogP contribution in [0.15, 0.2) is 0 Å². The van der Waals surface area contributed by atoms with Gasteiger partial charge in [-0.1, -0.05) is 6.92 Å². The molecule has 2 amide bonds. The molecule has 0 saturated heterocycles. The van der Waals surface area contributed by atoms with E-state index in [2.05, 4.69) is 10.6 Å². The monoisotopic (exact) mass is 244 g/mol. The van der Waals surface area contributed by atoms with Crippen molar-refractivity contribution in [1.82, 2.24) is 10.6 Å². The molecule has 1 aliphatic rings. The predicted octanol–water partition coefficient (Wildman–Crippen LogP) is 1.70. The summed E-state index contributed by atoms with van der Waals surface area (Å²) in [5, 5.41) is 13.8. The second-order valence-corrected chi connectivity index (χ2v) is 4.28. The van der Waals surface area contributed by atoms with Gasteiger partial charge < -0.3 is 20.5 Å². The molecule has 0 aromatic rings. The molecule has 6 nitrogen and oxygen atoms in total. The van der Waals surface area contributed by atoms with Crippen molar-refractivity contribution in [2.75, 3.05) is 6.61 Å². The molecule has 0 atom stereocenters. The van der Waals surface area contributed by atoms with E-state index in [9.17, 15) is 9.59 Å². The van der Waals surface area contributed by atoms with Crippen molar-refractivity contribution < 1.29 is 19.4 Å². The fourth-order valence-electron chi connectivity index (χ4n) is 1.96. The lowest BCUT2D eigenvalue weighted by molar-refractivity contribution is 0.137. The van der Waals surface area contributed by atoms with Gasteiger partial charge in [0.05, 0.1) is 6.61 Å². The van der Waals surface area contributed by atoms with Gasteiger partial charge in [0.2, 0.25) is 0 Å². The third-order valence-corrected chi connectivity index (χ3v) is 2.81. The van der Waals surface area contributed by atoms with E-state index in [1.807, 2.05) is 6.92 Å². The zero-order chi connectivity index (χ0) is 12.7. The maximum atomic E-state index is 11.3. The molecule has 6 heteroatoms. The van der Waals surface area contributed by atoms with Crippen LogP contribution in [0.1, 0.15) is 39.0 Å². The molecule has 98 valence electrons. The van der Waals surface area contributed by atoms with Crippen LogP contribution in [-0.2, 0) is 4.74 Å². The van der Waals surface area contributed by atoms with Gasteiger partial charge in [0.25, 0.3) is 0 Å². The molecule has 3 N–H and O–H groups in total. The Labute approximate surface area is 101 Å². The Kier molecular flexibility index (Phi) is 5.59. The molecule has 0 bridgehead atoms. The number of ether oxygens (including phenoxy) is 1. The maximum Gasteiger partial charge on any atom is 0.407 e. The van der Waals surface area contributed by atoms with Crippen molar-refractivity contribution in [2.24, 2.45) is 0 Å². The molecular formula is C11H20N2O4. The van der Waals surface area contributed by atoms with Gasteiger partial charge in [0.1, 0.15) is 0 Å². The molecule has 1 rings (SSSR count). The molecule has 0 aromatic heterocycles. The van der Waals surface area contributed by atoms with Crippen LogP contribution in [0.5, 0.6) is 0 Å². The van der Waals surface area contributed by atoms with E-state index in [1.165, 1.54) is 0 Å². The quantitative estimate of drug-likeness (QED) is 0.702. The molecule has 1 saturated carbocycles. The minimum absolute atomic E-state index is 0.0113. The van der Waals surface area contributed by atoms with E-state index < -0.39 is 6.09 Å². The maximum absolute atomic E-state index is 11.3. The van der Waals surface area contributed by atoms with Gasteiger partial charge in [-0.3, -0.25) is 0 Å². The lowest BCUT2D eigenvalue weighted by Gasteiger charge is -2.28. The molecule has 0 heterocycles. The summed E-state index contributed by atoms with van der Waals surface area (Å²) >= 11 is 0. The van der Waals surface area contributed by atoms with Crippen molar-refractivity contribution in [1.29, 1.82) is 0 Å². The van der Waals surface area contributed by atoms with Gasteiger partial charge in [-0.15, -0.1) is 0 Å². The van der Waals surface area contributed by atoms with E-state index >= 15 is 0 Å². The SMILES string of the molecule is CCCOC(=O)NC1CCC(NC(=O)O)CC1. The van der Waals surface area contributed by atoms with E-state index in [1.54, 1.807) is 0 Å². The van der Waals surface area contributed by atoms with Gasteiger partial charge in [0.15, 0.2) is 0 Å². The van der Waals surface area contributed by atoms with Crippen LogP contribution in [-0.4, -0.2) is 36.0 Å². The fourth-order valence-corrected chi connectivity index (χ4v) is 1.96. The second-order valence-electron chi connectivity index (χ2n) is 4.28. The summed E-state index contributed by atoms with van der Waals surface area (Å²) in [4.78, 5) is 21.7. The molecule has 0 spiro atoms. The number of amides is 2. The van der Waals surface area contributed by atoms with Crippen molar-refractivity contribution >= 4 is 12.2 Å². The predicted molar refractivity (Wildman–Crippen MR) is 62.0 cm³/mol. The summed E-state index contributed by atoms with van der Waals surface area (Å²) in [7, 11) is 0. The Balaban J connectivity index is 2.18. The molecule has 1 fully saturated rings. The normalized spacial score (nSPS) is 23.8. The van der Waals surface area contributed by atoms with E-state index in [4.69, 9.17) is 9.84 Å². The summed E-state index contributed by atoms with van der Waals surface area (Å²) < 4.78 is 4.93. The van der Waals surface area contributed by atoms with Gasteiger partial charge in [-0.25, -0.2) is 9.59 Å². The van der Waals surface area contributed by atoms with Crippen LogP contribution in [0.25, 0.3) is 0 Å². The summed E-state index contributed by atoms with van der Waals surface area (Å²) in [6.07, 6.45) is 2.53. The number of nitrogens with one attached hydrogen (secondary N) is 2. The Bertz CT molecular complexity index is 262. The van der Waals surface area contributed by atoms with Crippen molar-refractivity contribution in [3.8, 4) is 0 Å². The zero-order valence-electron chi connectivity index (χ0n) is 10.1. The lowest BCUT2D eigenvalue weighted by atomic mass is 9.91. The minimum Gasteiger partial charge on any atom is -0.465 e. The van der Waals surface area contributed by atoms with Crippen LogP contribution in [0, 0.1) is 0 Å². The smallest absolute Gasteiger partial charge is 0.407 e. The fraction of sp³-hybridized carbons (Fsp3) is 0.818. The first kappa shape index (κ1) is 13.6. The minimum atomic E-state index is -0.983. The third kappa shape index (κ3) is 5.42. The van der Waals surface area contributed by atoms with Crippen LogP contribution < -0.4 is 10.6 Å². The molecular weight excluding hydrogens is 224 g/mol. The molecule has 0 unspecified atom stereocenters. The Morgan fingerprint density at radius 3 is 2.18 bits per heavy atom. The van der Waals surface area contributed by atoms with Gasteiger partial charge in [-0.2, -0.15) is 0 Å². The topological polar surface area (TPSA) is 87.7 Å². The number of alkyl carbamates (subject to hydrolysis) is 1. The van der Waals surface area contributed by atoms with Crippen LogP contribution in [0.3, 0.4) is 0 Å². The van der Waals surface area contributed by atoms with Crippen LogP contribution in [0.2, 0.25) is 0 Å². The van der Waals surface area contributed by atoms with Crippen molar-refractivity contribution in [3.05, 3.63) is 0 Å².